The number of carbonyl (C=O) groups is 1. The first kappa shape index (κ1) is 25.2. The SMILES string of the molecule is Fc1c(Cl)cccc1OC1CCC(Cc2cc(Br)cc(Nc3nccs3)n2)CC1.O=C(O)O. The molecule has 3 N–H and O–H groups in total. The molecule has 1 saturated carbocycles. The lowest BCUT2D eigenvalue weighted by molar-refractivity contribution is 0.126. The average Bonchev–Trinajstić information content (AvgIpc) is 3.25. The maximum atomic E-state index is 14.1. The molecule has 0 amide bonds. The van der Waals surface area contributed by atoms with E-state index in [0.717, 1.165) is 53.2 Å². The van der Waals surface area contributed by atoms with E-state index in [1.54, 1.807) is 29.7 Å². The number of hydrogen-bond acceptors (Lipinski definition) is 6. The van der Waals surface area contributed by atoms with Crippen molar-refractivity contribution in [1.82, 2.24) is 9.97 Å². The quantitative estimate of drug-likeness (QED) is 0.293. The summed E-state index contributed by atoms with van der Waals surface area (Å²) in [7, 11) is 0. The zero-order valence-corrected chi connectivity index (χ0v) is 20.5. The van der Waals surface area contributed by atoms with E-state index in [-0.39, 0.29) is 16.9 Å². The molecule has 3 aromatic rings. The summed E-state index contributed by atoms with van der Waals surface area (Å²) in [6.45, 7) is 0. The number of ether oxygens (including phenoxy) is 1. The van der Waals surface area contributed by atoms with Crippen LogP contribution in [0, 0.1) is 11.7 Å². The Hall–Kier alpha value is -2.43. The lowest BCUT2D eigenvalue weighted by Crippen LogP contribution is -2.25. The first-order valence-electron chi connectivity index (χ1n) is 10.2. The van der Waals surface area contributed by atoms with Crippen LogP contribution >= 0.6 is 38.9 Å². The van der Waals surface area contributed by atoms with Crippen LogP contribution in [0.15, 0.2) is 46.4 Å². The Morgan fingerprint density at radius 2 is 2.00 bits per heavy atom. The van der Waals surface area contributed by atoms with Crippen LogP contribution in [0.3, 0.4) is 0 Å². The fourth-order valence-corrected chi connectivity index (χ4v) is 4.80. The van der Waals surface area contributed by atoms with E-state index >= 15 is 0 Å². The van der Waals surface area contributed by atoms with E-state index in [4.69, 9.17) is 36.3 Å². The molecule has 2 aromatic heterocycles. The van der Waals surface area contributed by atoms with Gasteiger partial charge in [-0.05, 0) is 62.3 Å². The van der Waals surface area contributed by atoms with E-state index in [2.05, 4.69) is 32.3 Å². The van der Waals surface area contributed by atoms with Gasteiger partial charge < -0.3 is 20.3 Å². The van der Waals surface area contributed by atoms with Gasteiger partial charge in [0.25, 0.3) is 0 Å². The zero-order chi connectivity index (χ0) is 23.8. The Bertz CT molecular complexity index is 1060. The molecule has 0 spiro atoms. The Kier molecular flexibility index (Phi) is 9.28. The molecule has 0 unspecified atom stereocenters. The van der Waals surface area contributed by atoms with Gasteiger partial charge in [-0.2, -0.15) is 0 Å². The van der Waals surface area contributed by atoms with Crippen LogP contribution in [0.4, 0.5) is 20.1 Å². The lowest BCUT2D eigenvalue weighted by Gasteiger charge is -2.29. The number of rotatable bonds is 6. The van der Waals surface area contributed by atoms with Gasteiger partial charge in [0.05, 0.1) is 11.1 Å². The van der Waals surface area contributed by atoms with Crippen molar-refractivity contribution in [3.05, 3.63) is 62.9 Å². The number of aromatic nitrogens is 2. The molecule has 1 aromatic carbocycles. The van der Waals surface area contributed by atoms with Gasteiger partial charge in [0.15, 0.2) is 16.7 Å². The first-order valence-corrected chi connectivity index (χ1v) is 12.2. The van der Waals surface area contributed by atoms with Gasteiger partial charge in [-0.25, -0.2) is 19.2 Å². The number of nitrogens with one attached hydrogen (secondary N) is 1. The third-order valence-electron chi connectivity index (χ3n) is 5.01. The van der Waals surface area contributed by atoms with Crippen LogP contribution in [0.25, 0.3) is 0 Å². The van der Waals surface area contributed by atoms with Gasteiger partial charge in [-0.3, -0.25) is 0 Å². The van der Waals surface area contributed by atoms with Gasteiger partial charge in [0, 0.05) is 21.7 Å². The second-order valence-electron chi connectivity index (χ2n) is 7.42. The highest BCUT2D eigenvalue weighted by molar-refractivity contribution is 9.10. The van der Waals surface area contributed by atoms with Crippen molar-refractivity contribution in [3.63, 3.8) is 0 Å². The molecule has 33 heavy (non-hydrogen) atoms. The second kappa shape index (κ2) is 12.2. The molecule has 11 heteroatoms. The number of carboxylic acid groups (broad SMARTS) is 2. The molecule has 0 atom stereocenters. The molecule has 2 heterocycles. The standard InChI is InChI=1S/C21H20BrClFN3OS.CH2O3/c22-14-11-15(26-19(12-14)27-21-25-8-9-29-21)10-13-4-6-16(7-5-13)28-18-3-1-2-17(23)20(18)24;2-1(3)4/h1-3,8-9,11-13,16H,4-7,10H2,(H,25,26,27);(H2,2,3,4). The molecule has 1 fully saturated rings. The summed E-state index contributed by atoms with van der Waals surface area (Å²) in [5.41, 5.74) is 1.05. The highest BCUT2D eigenvalue weighted by Gasteiger charge is 2.24. The smallest absolute Gasteiger partial charge is 0.487 e. The molecule has 0 aliphatic heterocycles. The van der Waals surface area contributed by atoms with Crippen LogP contribution in [-0.4, -0.2) is 32.4 Å². The zero-order valence-electron chi connectivity index (χ0n) is 17.4. The van der Waals surface area contributed by atoms with E-state index in [0.29, 0.717) is 5.92 Å². The van der Waals surface area contributed by atoms with Crippen molar-refractivity contribution in [2.24, 2.45) is 5.92 Å². The highest BCUT2D eigenvalue weighted by Crippen LogP contribution is 2.32. The third-order valence-corrected chi connectivity index (χ3v) is 6.45. The van der Waals surface area contributed by atoms with Crippen molar-refractivity contribution in [2.75, 3.05) is 5.32 Å². The fourth-order valence-electron chi connectivity index (χ4n) is 3.62. The molecule has 7 nitrogen and oxygen atoms in total. The lowest BCUT2D eigenvalue weighted by atomic mass is 9.84. The summed E-state index contributed by atoms with van der Waals surface area (Å²) in [5.74, 6) is 1.09. The van der Waals surface area contributed by atoms with Gasteiger partial charge in [-0.1, -0.05) is 33.6 Å². The number of nitrogens with zero attached hydrogens (tertiary/aromatic N) is 2. The van der Waals surface area contributed by atoms with Crippen LogP contribution in [0.1, 0.15) is 31.4 Å². The molecule has 1 aliphatic rings. The minimum absolute atomic E-state index is 0.0248. The number of thiazole rings is 1. The Balaban J connectivity index is 0.000000709. The van der Waals surface area contributed by atoms with Gasteiger partial charge in [-0.15, -0.1) is 11.3 Å². The Morgan fingerprint density at radius 1 is 1.27 bits per heavy atom. The van der Waals surface area contributed by atoms with Gasteiger partial charge in [0.1, 0.15) is 5.82 Å². The molecular weight excluding hydrogens is 537 g/mol. The van der Waals surface area contributed by atoms with E-state index in [9.17, 15) is 4.39 Å². The molecule has 0 bridgehead atoms. The summed E-state index contributed by atoms with van der Waals surface area (Å²) in [5, 5.41) is 20.0. The predicted octanol–water partition coefficient (Wildman–Crippen LogP) is 7.24. The van der Waals surface area contributed by atoms with Crippen LogP contribution < -0.4 is 10.1 Å². The van der Waals surface area contributed by atoms with Crippen molar-refractivity contribution in [2.45, 2.75) is 38.2 Å². The highest BCUT2D eigenvalue weighted by atomic mass is 79.9. The molecule has 0 saturated heterocycles. The van der Waals surface area contributed by atoms with E-state index in [1.165, 1.54) is 6.07 Å². The molecular formula is C22H22BrClFN3O4S. The normalized spacial score (nSPS) is 17.5. The van der Waals surface area contributed by atoms with Crippen LogP contribution in [-0.2, 0) is 6.42 Å². The summed E-state index contributed by atoms with van der Waals surface area (Å²) < 4.78 is 20.9. The number of halogens is 3. The topological polar surface area (TPSA) is 105 Å². The summed E-state index contributed by atoms with van der Waals surface area (Å²) in [6, 6.07) is 8.90. The Morgan fingerprint density at radius 3 is 2.67 bits per heavy atom. The first-order chi connectivity index (χ1) is 15.8. The molecule has 1 aliphatic carbocycles. The maximum absolute atomic E-state index is 14.1. The monoisotopic (exact) mass is 557 g/mol. The minimum Gasteiger partial charge on any atom is -0.487 e. The summed E-state index contributed by atoms with van der Waals surface area (Å²) in [6.07, 6.45) is 4.71. The van der Waals surface area contributed by atoms with Crippen molar-refractivity contribution >= 4 is 56.0 Å². The van der Waals surface area contributed by atoms with Crippen LogP contribution in [0.5, 0.6) is 5.75 Å². The van der Waals surface area contributed by atoms with Gasteiger partial charge in [0.2, 0.25) is 0 Å². The van der Waals surface area contributed by atoms with Crippen LogP contribution in [0.2, 0.25) is 5.02 Å². The fraction of sp³-hybridized carbons (Fsp3) is 0.318. The number of pyridine rings is 1. The molecule has 4 rings (SSSR count). The molecule has 176 valence electrons. The third kappa shape index (κ3) is 8.13. The predicted molar refractivity (Wildman–Crippen MR) is 129 cm³/mol. The van der Waals surface area contributed by atoms with E-state index in [1.807, 2.05) is 11.4 Å². The number of anilines is 2. The maximum Gasteiger partial charge on any atom is 0.503 e. The summed E-state index contributed by atoms with van der Waals surface area (Å²) >= 11 is 11.0. The van der Waals surface area contributed by atoms with Crippen molar-refractivity contribution in [1.29, 1.82) is 0 Å². The second-order valence-corrected chi connectivity index (χ2v) is 9.64. The van der Waals surface area contributed by atoms with Crippen molar-refractivity contribution < 1.29 is 24.1 Å². The molecule has 0 radical (unpaired) electrons. The van der Waals surface area contributed by atoms with E-state index < -0.39 is 12.0 Å². The summed E-state index contributed by atoms with van der Waals surface area (Å²) in [4.78, 5) is 17.5. The van der Waals surface area contributed by atoms with Crippen molar-refractivity contribution in [3.8, 4) is 5.75 Å². The van der Waals surface area contributed by atoms with Gasteiger partial charge >= 0.3 is 6.16 Å². The Labute approximate surface area is 207 Å². The number of benzene rings is 1. The minimum atomic E-state index is -1.83. The number of hydrogen-bond donors (Lipinski definition) is 3. The largest absolute Gasteiger partial charge is 0.503 e. The average molecular weight is 559 g/mol.